The van der Waals surface area contributed by atoms with E-state index < -0.39 is 29.0 Å². The molecule has 2 aliphatic carbocycles. The van der Waals surface area contributed by atoms with Gasteiger partial charge in [0.25, 0.3) is 0 Å². The maximum atomic E-state index is 13.3. The number of likely N-dealkylation sites (tertiary alicyclic amines) is 1. The van der Waals surface area contributed by atoms with Gasteiger partial charge in [-0.2, -0.15) is 15.0 Å². The first-order valence-corrected chi connectivity index (χ1v) is 14.4. The molecule has 1 aliphatic heterocycles. The Kier molecular flexibility index (Phi) is 6.93. The zero-order chi connectivity index (χ0) is 30.6. The van der Waals surface area contributed by atoms with Crippen molar-refractivity contribution >= 4 is 17.7 Å². The molecule has 1 unspecified atom stereocenters. The lowest BCUT2D eigenvalue weighted by atomic mass is 9.67. The van der Waals surface area contributed by atoms with Crippen LogP contribution in [0.3, 0.4) is 0 Å². The summed E-state index contributed by atoms with van der Waals surface area (Å²) in [5, 5.41) is 12.9. The van der Waals surface area contributed by atoms with Crippen molar-refractivity contribution in [2.75, 3.05) is 6.54 Å². The molecule has 0 radical (unpaired) electrons. The van der Waals surface area contributed by atoms with E-state index >= 15 is 0 Å². The van der Waals surface area contributed by atoms with E-state index in [2.05, 4.69) is 16.4 Å². The molecule has 6 rings (SSSR count). The standard InChI is InChI=1S/C31H33N7O5/c1-16(35-15-26(39)38-22(14-32)11-21-12-25(21)38)13-31(29-36-30(42)43-37(29)2)23-7-5-19(27(33)40)9-17(23)3-4-18-10-20(28(34)41)6-8-24(18)31/h5-10,16,21-22,25,35H,3-4,11-13,15H2,1-2H3,(H2,33,40)(H2,34,41)/t16-,21+,22?,25-/m0/s1. The molecule has 0 spiro atoms. The van der Waals surface area contributed by atoms with Gasteiger partial charge in [0.05, 0.1) is 18.0 Å². The summed E-state index contributed by atoms with van der Waals surface area (Å²) < 4.78 is 6.71. The maximum absolute atomic E-state index is 13.3. The molecule has 2 aromatic carbocycles. The number of nitrogens with one attached hydrogen (secondary N) is 1. The zero-order valence-electron chi connectivity index (χ0n) is 24.0. The Morgan fingerprint density at radius 1 is 1.09 bits per heavy atom. The van der Waals surface area contributed by atoms with Gasteiger partial charge in [-0.05, 0) is 91.5 Å². The van der Waals surface area contributed by atoms with Crippen LogP contribution < -0.4 is 22.5 Å². The molecule has 0 bridgehead atoms. The third kappa shape index (κ3) is 4.79. The van der Waals surface area contributed by atoms with E-state index in [9.17, 15) is 24.4 Å². The first-order valence-electron chi connectivity index (χ1n) is 14.4. The summed E-state index contributed by atoms with van der Waals surface area (Å²) in [5.41, 5.74) is 14.1. The Balaban J connectivity index is 1.46. The molecule has 12 heteroatoms. The molecule has 3 aromatic rings. The van der Waals surface area contributed by atoms with Crippen LogP contribution in [0.2, 0.25) is 0 Å². The van der Waals surface area contributed by atoms with E-state index in [1.165, 1.54) is 4.74 Å². The van der Waals surface area contributed by atoms with Gasteiger partial charge in [-0.15, -0.1) is 0 Å². The maximum Gasteiger partial charge on any atom is 0.459 e. The number of nitrogens with zero attached hydrogens (tertiary/aromatic N) is 4. The number of aromatic nitrogens is 2. The normalized spacial score (nSPS) is 22.0. The number of aryl methyl sites for hydroxylation is 3. The number of benzene rings is 2. The van der Waals surface area contributed by atoms with Gasteiger partial charge in [0.2, 0.25) is 17.7 Å². The van der Waals surface area contributed by atoms with Gasteiger partial charge in [-0.25, -0.2) is 4.79 Å². The molecule has 1 aromatic heterocycles. The van der Waals surface area contributed by atoms with Crippen molar-refractivity contribution in [2.24, 2.45) is 24.4 Å². The lowest BCUT2D eigenvalue weighted by molar-refractivity contribution is -0.131. The Morgan fingerprint density at radius 2 is 1.70 bits per heavy atom. The van der Waals surface area contributed by atoms with Gasteiger partial charge < -0.3 is 26.2 Å². The number of amides is 3. The molecule has 3 amide bonds. The van der Waals surface area contributed by atoms with Crippen molar-refractivity contribution in [2.45, 2.75) is 62.6 Å². The Labute approximate surface area is 247 Å². The molecule has 2 fully saturated rings. The second-order valence-electron chi connectivity index (χ2n) is 11.9. The lowest BCUT2D eigenvalue weighted by Crippen LogP contribution is -2.46. The third-order valence-corrected chi connectivity index (χ3v) is 9.21. The number of primary amides is 2. The number of carbonyl (C=O) groups excluding carboxylic acids is 3. The van der Waals surface area contributed by atoms with E-state index in [1.807, 2.05) is 19.1 Å². The molecule has 3 aliphatic rings. The molecule has 1 saturated carbocycles. The van der Waals surface area contributed by atoms with Gasteiger partial charge in [0, 0.05) is 30.3 Å². The van der Waals surface area contributed by atoms with Crippen molar-refractivity contribution < 1.29 is 18.9 Å². The van der Waals surface area contributed by atoms with Crippen LogP contribution in [0.15, 0.2) is 45.7 Å². The highest BCUT2D eigenvalue weighted by Gasteiger charge is 2.54. The molecule has 222 valence electrons. The van der Waals surface area contributed by atoms with Crippen LogP contribution in [0.4, 0.5) is 0 Å². The Morgan fingerprint density at radius 3 is 2.21 bits per heavy atom. The minimum Gasteiger partial charge on any atom is -0.366 e. The smallest absolute Gasteiger partial charge is 0.366 e. The van der Waals surface area contributed by atoms with Crippen molar-refractivity contribution in [1.82, 2.24) is 19.9 Å². The SMILES string of the molecule is C[C@@H](CC1(c2nc(=O)on2C)c2ccc(C(N)=O)cc2CCc2cc(C(N)=O)ccc21)NCC(=O)N1C(C#N)C[C@@H]2C[C@@H]21. The van der Waals surface area contributed by atoms with E-state index in [-0.39, 0.29) is 24.5 Å². The number of rotatable bonds is 8. The fourth-order valence-corrected chi connectivity index (χ4v) is 7.22. The second-order valence-corrected chi connectivity index (χ2v) is 11.9. The zero-order valence-corrected chi connectivity index (χ0v) is 24.0. The number of hydrogen-bond acceptors (Lipinski definition) is 8. The number of nitriles is 1. The second kappa shape index (κ2) is 10.5. The highest BCUT2D eigenvalue weighted by molar-refractivity contribution is 5.94. The summed E-state index contributed by atoms with van der Waals surface area (Å²) in [6.45, 7) is 1.98. The molecular formula is C31H33N7O5. The monoisotopic (exact) mass is 583 g/mol. The van der Waals surface area contributed by atoms with Gasteiger partial charge in [-0.1, -0.05) is 12.1 Å². The first-order chi connectivity index (χ1) is 20.5. The minimum absolute atomic E-state index is 0.0390. The number of nitrogens with two attached hydrogens (primary N) is 2. The molecular weight excluding hydrogens is 550 g/mol. The molecule has 43 heavy (non-hydrogen) atoms. The Bertz CT molecular complexity index is 1690. The van der Waals surface area contributed by atoms with E-state index in [4.69, 9.17) is 16.0 Å². The highest BCUT2D eigenvalue weighted by Crippen LogP contribution is 2.48. The molecule has 12 nitrogen and oxygen atoms in total. The van der Waals surface area contributed by atoms with Gasteiger partial charge in [0.1, 0.15) is 6.04 Å². The van der Waals surface area contributed by atoms with Gasteiger partial charge >= 0.3 is 5.76 Å². The van der Waals surface area contributed by atoms with Crippen LogP contribution >= 0.6 is 0 Å². The average molecular weight is 584 g/mol. The number of hydrogen-bond donors (Lipinski definition) is 3. The van der Waals surface area contributed by atoms with Crippen LogP contribution in [0.1, 0.15) is 75.0 Å². The van der Waals surface area contributed by atoms with Crippen molar-refractivity contribution in [3.63, 3.8) is 0 Å². The van der Waals surface area contributed by atoms with Crippen LogP contribution in [-0.2, 0) is 30.1 Å². The van der Waals surface area contributed by atoms with Crippen molar-refractivity contribution in [1.29, 1.82) is 5.26 Å². The van der Waals surface area contributed by atoms with Gasteiger partial charge in [0.15, 0.2) is 5.82 Å². The fraction of sp³-hybridized carbons (Fsp3) is 0.419. The summed E-state index contributed by atoms with van der Waals surface area (Å²) in [6.07, 6.45) is 3.04. The minimum atomic E-state index is -1.09. The third-order valence-electron chi connectivity index (χ3n) is 9.21. The predicted molar refractivity (Wildman–Crippen MR) is 154 cm³/mol. The number of fused-ring (bicyclic) bond motifs is 3. The number of carbonyl (C=O) groups is 3. The molecule has 5 N–H and O–H groups in total. The molecule has 1 saturated heterocycles. The summed E-state index contributed by atoms with van der Waals surface area (Å²) >= 11 is 0. The predicted octanol–water partition coefficient (Wildman–Crippen LogP) is 0.885. The van der Waals surface area contributed by atoms with E-state index in [0.717, 1.165) is 35.1 Å². The van der Waals surface area contributed by atoms with Crippen LogP contribution in [0.25, 0.3) is 0 Å². The van der Waals surface area contributed by atoms with E-state index in [0.29, 0.717) is 42.1 Å². The lowest BCUT2D eigenvalue weighted by Gasteiger charge is -2.37. The largest absolute Gasteiger partial charge is 0.459 e. The van der Waals surface area contributed by atoms with Crippen molar-refractivity contribution in [3.05, 3.63) is 86.2 Å². The fourth-order valence-electron chi connectivity index (χ4n) is 7.22. The molecule has 4 atom stereocenters. The quantitative estimate of drug-likeness (QED) is 0.348. The summed E-state index contributed by atoms with van der Waals surface area (Å²) in [6, 6.07) is 12.2. The summed E-state index contributed by atoms with van der Waals surface area (Å²) in [4.78, 5) is 56.1. The summed E-state index contributed by atoms with van der Waals surface area (Å²) in [7, 11) is 1.61. The summed E-state index contributed by atoms with van der Waals surface area (Å²) in [5.74, 6) is -1.26. The number of piperidine rings is 1. The van der Waals surface area contributed by atoms with Crippen LogP contribution in [-0.4, -0.2) is 57.0 Å². The van der Waals surface area contributed by atoms with Crippen molar-refractivity contribution in [3.8, 4) is 6.07 Å². The first kappa shape index (κ1) is 28.4. The average Bonchev–Trinajstić information content (AvgIpc) is 3.54. The highest BCUT2D eigenvalue weighted by atomic mass is 16.5. The van der Waals surface area contributed by atoms with Gasteiger partial charge in [-0.3, -0.25) is 14.4 Å². The van der Waals surface area contributed by atoms with Crippen LogP contribution in [0.5, 0.6) is 0 Å². The topological polar surface area (TPSA) is 190 Å². The molecule has 2 heterocycles. The Hall–Kier alpha value is -4.76. The van der Waals surface area contributed by atoms with E-state index in [1.54, 1.807) is 36.2 Å². The van der Waals surface area contributed by atoms with Crippen LogP contribution in [0, 0.1) is 17.2 Å².